The first-order chi connectivity index (χ1) is 10.5. The number of anilines is 1. The topological polar surface area (TPSA) is 68.3 Å². The van der Waals surface area contributed by atoms with Crippen molar-refractivity contribution >= 4 is 40.9 Å². The molecular weight excluding hydrogens is 327 g/mol. The van der Waals surface area contributed by atoms with Crippen molar-refractivity contribution in [3.8, 4) is 0 Å². The molecule has 7 heteroatoms. The zero-order valence-corrected chi connectivity index (χ0v) is 13.5. The number of nitrogens with zero attached hydrogens (tertiary/aromatic N) is 1. The Morgan fingerprint density at radius 2 is 2.27 bits per heavy atom. The van der Waals surface area contributed by atoms with Gasteiger partial charge in [0.25, 0.3) is 5.91 Å². The van der Waals surface area contributed by atoms with Crippen molar-refractivity contribution in [2.24, 2.45) is 5.92 Å². The van der Waals surface area contributed by atoms with Crippen LogP contribution in [0.2, 0.25) is 10.0 Å². The van der Waals surface area contributed by atoms with Gasteiger partial charge in [0, 0.05) is 6.20 Å². The molecule has 0 bridgehead atoms. The van der Waals surface area contributed by atoms with Gasteiger partial charge in [0.15, 0.2) is 11.9 Å². The van der Waals surface area contributed by atoms with Crippen LogP contribution in [-0.4, -0.2) is 23.0 Å². The van der Waals surface area contributed by atoms with Gasteiger partial charge in [-0.1, -0.05) is 35.4 Å². The highest BCUT2D eigenvalue weighted by atomic mass is 35.5. The molecule has 1 aromatic heterocycles. The summed E-state index contributed by atoms with van der Waals surface area (Å²) in [6, 6.07) is 1.47. The van der Waals surface area contributed by atoms with Gasteiger partial charge in [-0.15, -0.1) is 0 Å². The lowest BCUT2D eigenvalue weighted by atomic mass is 10.1. The quantitative estimate of drug-likeness (QED) is 0.655. The van der Waals surface area contributed by atoms with E-state index in [2.05, 4.69) is 10.3 Å². The van der Waals surface area contributed by atoms with E-state index >= 15 is 0 Å². The van der Waals surface area contributed by atoms with Gasteiger partial charge in [0.2, 0.25) is 0 Å². The maximum absolute atomic E-state index is 12.0. The van der Waals surface area contributed by atoms with Gasteiger partial charge in [-0.2, -0.15) is 0 Å². The highest BCUT2D eigenvalue weighted by molar-refractivity contribution is 6.36. The Bertz CT molecular complexity index is 604. The van der Waals surface area contributed by atoms with Crippen molar-refractivity contribution < 1.29 is 14.3 Å². The smallest absolute Gasteiger partial charge is 0.307 e. The Hall–Kier alpha value is -1.59. The van der Waals surface area contributed by atoms with Crippen LogP contribution in [0.3, 0.4) is 0 Å². The number of ether oxygens (including phenoxy) is 1. The lowest BCUT2D eigenvalue weighted by molar-refractivity contribution is -0.153. The van der Waals surface area contributed by atoms with Gasteiger partial charge in [0.05, 0.1) is 16.5 Å². The summed E-state index contributed by atoms with van der Waals surface area (Å²) in [6.45, 7) is 1.50. The van der Waals surface area contributed by atoms with E-state index in [1.165, 1.54) is 19.2 Å². The predicted octanol–water partition coefficient (Wildman–Crippen LogP) is 3.61. The summed E-state index contributed by atoms with van der Waals surface area (Å²) in [5.41, 5.74) is 0. The standard InChI is InChI=1S/C15H16Cl2N2O3/c1-9(22-13(20)6-10-4-2-3-5-10)15(21)19-14-12(17)7-11(16)8-18-14/h2,4,7-10H,3,5-6H2,1H3,(H,18,19,21)/t9-,10+/m0/s1. The second kappa shape index (κ2) is 7.61. The molecule has 1 aromatic rings. The van der Waals surface area contributed by atoms with Crippen LogP contribution in [0.15, 0.2) is 24.4 Å². The van der Waals surface area contributed by atoms with Crippen molar-refractivity contribution in [2.75, 3.05) is 5.32 Å². The lowest BCUT2D eigenvalue weighted by Crippen LogP contribution is -2.30. The SMILES string of the molecule is C[C@H](OC(=O)C[C@@H]1C=CCC1)C(=O)Nc1ncc(Cl)cc1Cl. The molecule has 0 aliphatic heterocycles. The molecule has 0 aromatic carbocycles. The van der Waals surface area contributed by atoms with Crippen molar-refractivity contribution in [1.82, 2.24) is 4.98 Å². The summed E-state index contributed by atoms with van der Waals surface area (Å²) >= 11 is 11.7. The Balaban J connectivity index is 1.85. The number of carbonyl (C=O) groups excluding carboxylic acids is 2. The van der Waals surface area contributed by atoms with Gasteiger partial charge in [-0.3, -0.25) is 9.59 Å². The molecule has 1 aliphatic carbocycles. The molecule has 118 valence electrons. The first-order valence-corrected chi connectivity index (χ1v) is 7.69. The highest BCUT2D eigenvalue weighted by Gasteiger charge is 2.21. The minimum absolute atomic E-state index is 0.178. The number of rotatable bonds is 5. The van der Waals surface area contributed by atoms with E-state index in [1.54, 1.807) is 0 Å². The molecule has 1 heterocycles. The second-order valence-electron chi connectivity index (χ2n) is 5.08. The third-order valence-electron chi connectivity index (χ3n) is 3.27. The number of nitrogens with one attached hydrogen (secondary N) is 1. The average Bonchev–Trinajstić information content (AvgIpc) is 2.94. The molecule has 0 saturated heterocycles. The van der Waals surface area contributed by atoms with Crippen LogP contribution in [-0.2, 0) is 14.3 Å². The normalized spacial score (nSPS) is 18.0. The number of pyridine rings is 1. The maximum Gasteiger partial charge on any atom is 0.307 e. The molecular formula is C15H16Cl2N2O3. The number of hydrogen-bond acceptors (Lipinski definition) is 4. The first kappa shape index (κ1) is 16.8. The van der Waals surface area contributed by atoms with Crippen molar-refractivity contribution in [3.63, 3.8) is 0 Å². The van der Waals surface area contributed by atoms with E-state index < -0.39 is 18.0 Å². The molecule has 1 amide bonds. The first-order valence-electron chi connectivity index (χ1n) is 6.93. The van der Waals surface area contributed by atoms with E-state index in [1.807, 2.05) is 12.2 Å². The fourth-order valence-electron chi connectivity index (χ4n) is 2.10. The predicted molar refractivity (Wildman–Crippen MR) is 84.9 cm³/mol. The van der Waals surface area contributed by atoms with Gasteiger partial charge in [-0.05, 0) is 31.7 Å². The average molecular weight is 343 g/mol. The Kier molecular flexibility index (Phi) is 5.80. The Morgan fingerprint density at radius 1 is 1.50 bits per heavy atom. The summed E-state index contributed by atoms with van der Waals surface area (Å²) in [6.07, 6.45) is 6.70. The monoisotopic (exact) mass is 342 g/mol. The van der Waals surface area contributed by atoms with Crippen LogP contribution >= 0.6 is 23.2 Å². The van der Waals surface area contributed by atoms with Crippen LogP contribution in [0.5, 0.6) is 0 Å². The van der Waals surface area contributed by atoms with E-state index in [0.29, 0.717) is 5.02 Å². The Labute approximate surface area is 138 Å². The summed E-state index contributed by atoms with van der Waals surface area (Å²) in [5.74, 6) is -0.505. The van der Waals surface area contributed by atoms with Gasteiger partial charge < -0.3 is 10.1 Å². The largest absolute Gasteiger partial charge is 0.453 e. The molecule has 0 fully saturated rings. The van der Waals surface area contributed by atoms with E-state index in [4.69, 9.17) is 27.9 Å². The van der Waals surface area contributed by atoms with Gasteiger partial charge >= 0.3 is 5.97 Å². The maximum atomic E-state index is 12.0. The molecule has 1 aliphatic rings. The van der Waals surface area contributed by atoms with Crippen molar-refractivity contribution in [3.05, 3.63) is 34.5 Å². The van der Waals surface area contributed by atoms with E-state index in [0.717, 1.165) is 12.8 Å². The number of halogens is 2. The summed E-state index contributed by atoms with van der Waals surface area (Å²) in [7, 11) is 0. The number of carbonyl (C=O) groups is 2. The molecule has 22 heavy (non-hydrogen) atoms. The van der Waals surface area contributed by atoms with Crippen LogP contribution in [0.4, 0.5) is 5.82 Å². The van der Waals surface area contributed by atoms with Crippen LogP contribution in [0, 0.1) is 5.92 Å². The minimum atomic E-state index is -0.925. The number of allylic oxidation sites excluding steroid dienone is 2. The summed E-state index contributed by atoms with van der Waals surface area (Å²) in [5, 5.41) is 3.09. The number of esters is 1. The fraction of sp³-hybridized carbons (Fsp3) is 0.400. The molecule has 0 radical (unpaired) electrons. The minimum Gasteiger partial charge on any atom is -0.453 e. The molecule has 2 rings (SSSR count). The highest BCUT2D eigenvalue weighted by Crippen LogP contribution is 2.23. The van der Waals surface area contributed by atoms with Crippen LogP contribution in [0.25, 0.3) is 0 Å². The molecule has 5 nitrogen and oxygen atoms in total. The molecule has 2 atom stereocenters. The number of amides is 1. The summed E-state index contributed by atoms with van der Waals surface area (Å²) in [4.78, 5) is 27.7. The Morgan fingerprint density at radius 3 is 2.91 bits per heavy atom. The van der Waals surface area contributed by atoms with Crippen molar-refractivity contribution in [1.29, 1.82) is 0 Å². The summed E-state index contributed by atoms with van der Waals surface area (Å²) < 4.78 is 5.13. The number of aromatic nitrogens is 1. The fourth-order valence-corrected chi connectivity index (χ4v) is 2.53. The van der Waals surface area contributed by atoms with Crippen molar-refractivity contribution in [2.45, 2.75) is 32.3 Å². The number of hydrogen-bond donors (Lipinski definition) is 1. The van der Waals surface area contributed by atoms with Crippen LogP contribution < -0.4 is 5.32 Å². The zero-order chi connectivity index (χ0) is 16.1. The third kappa shape index (κ3) is 4.71. The third-order valence-corrected chi connectivity index (χ3v) is 3.76. The van der Waals surface area contributed by atoms with Gasteiger partial charge in [0.1, 0.15) is 0 Å². The zero-order valence-electron chi connectivity index (χ0n) is 12.0. The van der Waals surface area contributed by atoms with E-state index in [9.17, 15) is 9.59 Å². The second-order valence-corrected chi connectivity index (χ2v) is 5.92. The van der Waals surface area contributed by atoms with Gasteiger partial charge in [-0.25, -0.2) is 4.98 Å². The van der Waals surface area contributed by atoms with Crippen LogP contribution in [0.1, 0.15) is 26.2 Å². The molecule has 0 spiro atoms. The molecule has 0 unspecified atom stereocenters. The van der Waals surface area contributed by atoms with E-state index in [-0.39, 0.29) is 23.2 Å². The molecule has 0 saturated carbocycles. The molecule has 1 N–H and O–H groups in total. The lowest BCUT2D eigenvalue weighted by Gasteiger charge is -2.15.